The van der Waals surface area contributed by atoms with Crippen LogP contribution in [-0.4, -0.2) is 34.1 Å². The molecule has 1 aliphatic rings. The highest BCUT2D eigenvalue weighted by molar-refractivity contribution is 5.85. The number of hydrogen-bond acceptors (Lipinski definition) is 3. The molecule has 5 nitrogen and oxygen atoms in total. The summed E-state index contributed by atoms with van der Waals surface area (Å²) in [6.07, 6.45) is 3.28. The molecular weight excluding hydrogens is 268 g/mol. The highest BCUT2D eigenvalue weighted by Gasteiger charge is 2.19. The Morgan fingerprint density at radius 3 is 2.81 bits per heavy atom. The average Bonchev–Trinajstić information content (AvgIpc) is 2.39. The Balaban J connectivity index is 2.55. The van der Waals surface area contributed by atoms with Crippen molar-refractivity contribution < 1.29 is 9.90 Å². The molecule has 1 aliphatic heterocycles. The van der Waals surface area contributed by atoms with Gasteiger partial charge < -0.3 is 14.6 Å². The van der Waals surface area contributed by atoms with E-state index in [0.717, 1.165) is 36.8 Å². The molecule has 1 aromatic heterocycles. The number of pyridine rings is 1. The second kappa shape index (κ2) is 6.26. The molecule has 0 amide bonds. The molecule has 2 heterocycles. The predicted octanol–water partition coefficient (Wildman–Crippen LogP) is 1.59. The first-order valence-electron chi connectivity index (χ1n) is 7.23. The molecule has 114 valence electrons. The Morgan fingerprint density at radius 2 is 2.19 bits per heavy atom. The van der Waals surface area contributed by atoms with Gasteiger partial charge in [0.25, 0.3) is 5.56 Å². The molecule has 1 aromatic rings. The molecule has 0 bridgehead atoms. The van der Waals surface area contributed by atoms with E-state index in [0.29, 0.717) is 18.0 Å². The van der Waals surface area contributed by atoms with E-state index < -0.39 is 5.97 Å². The Kier molecular flexibility index (Phi) is 4.63. The number of aromatic nitrogens is 1. The van der Waals surface area contributed by atoms with Crippen LogP contribution in [0.15, 0.2) is 16.9 Å². The van der Waals surface area contributed by atoms with E-state index in [1.54, 1.807) is 0 Å². The van der Waals surface area contributed by atoms with Crippen LogP contribution in [0.25, 0.3) is 6.08 Å². The third-order valence-electron chi connectivity index (χ3n) is 3.64. The number of rotatable bonds is 4. The van der Waals surface area contributed by atoms with Gasteiger partial charge in [-0.1, -0.05) is 13.8 Å². The van der Waals surface area contributed by atoms with Crippen molar-refractivity contribution in [2.24, 2.45) is 5.92 Å². The van der Waals surface area contributed by atoms with Crippen molar-refractivity contribution >= 4 is 12.0 Å². The SMILES string of the molecule is CC(C)Cn1c2c(cc(/C=C/C(=O)O)c1=O)CN(C)CC2. The molecule has 0 fully saturated rings. The largest absolute Gasteiger partial charge is 0.478 e. The lowest BCUT2D eigenvalue weighted by Crippen LogP contribution is -2.35. The van der Waals surface area contributed by atoms with Gasteiger partial charge in [-0.15, -0.1) is 0 Å². The first-order chi connectivity index (χ1) is 9.88. The molecule has 5 heteroatoms. The Morgan fingerprint density at radius 1 is 1.48 bits per heavy atom. The first-order valence-corrected chi connectivity index (χ1v) is 7.23. The number of hydrogen-bond donors (Lipinski definition) is 1. The van der Waals surface area contributed by atoms with Crippen molar-refractivity contribution in [1.29, 1.82) is 0 Å². The third-order valence-corrected chi connectivity index (χ3v) is 3.64. The second-order valence-electron chi connectivity index (χ2n) is 6.04. The highest BCUT2D eigenvalue weighted by Crippen LogP contribution is 2.19. The zero-order valence-electron chi connectivity index (χ0n) is 12.8. The quantitative estimate of drug-likeness (QED) is 0.855. The van der Waals surface area contributed by atoms with Crippen LogP contribution in [0.4, 0.5) is 0 Å². The minimum atomic E-state index is -1.04. The molecule has 0 radical (unpaired) electrons. The maximum atomic E-state index is 12.6. The fraction of sp³-hybridized carbons (Fsp3) is 0.500. The predicted molar refractivity (Wildman–Crippen MR) is 82.2 cm³/mol. The van der Waals surface area contributed by atoms with Crippen molar-refractivity contribution in [1.82, 2.24) is 9.47 Å². The van der Waals surface area contributed by atoms with Gasteiger partial charge in [0.15, 0.2) is 0 Å². The summed E-state index contributed by atoms with van der Waals surface area (Å²) in [5, 5.41) is 8.76. The van der Waals surface area contributed by atoms with E-state index in [1.165, 1.54) is 6.08 Å². The van der Waals surface area contributed by atoms with Gasteiger partial charge in [0.2, 0.25) is 0 Å². The average molecular weight is 290 g/mol. The van der Waals surface area contributed by atoms with E-state index in [-0.39, 0.29) is 5.56 Å². The molecule has 0 unspecified atom stereocenters. The Hall–Kier alpha value is -1.88. The third kappa shape index (κ3) is 3.61. The van der Waals surface area contributed by atoms with E-state index in [2.05, 4.69) is 18.7 Å². The zero-order valence-corrected chi connectivity index (χ0v) is 12.8. The van der Waals surface area contributed by atoms with E-state index >= 15 is 0 Å². The topological polar surface area (TPSA) is 62.5 Å². The summed E-state index contributed by atoms with van der Waals surface area (Å²) in [6, 6.07) is 1.84. The normalized spacial score (nSPS) is 15.6. The lowest BCUT2D eigenvalue weighted by Gasteiger charge is -2.28. The van der Waals surface area contributed by atoms with Crippen molar-refractivity contribution in [3.8, 4) is 0 Å². The summed E-state index contributed by atoms with van der Waals surface area (Å²) < 4.78 is 1.83. The summed E-state index contributed by atoms with van der Waals surface area (Å²) in [7, 11) is 2.05. The van der Waals surface area contributed by atoms with Crippen LogP contribution >= 0.6 is 0 Å². The molecule has 1 N–H and O–H groups in total. The van der Waals surface area contributed by atoms with Gasteiger partial charge in [-0.3, -0.25) is 4.79 Å². The molecule has 0 aliphatic carbocycles. The van der Waals surface area contributed by atoms with E-state index in [1.807, 2.05) is 17.7 Å². The number of carboxylic acids is 1. The number of nitrogens with zero attached hydrogens (tertiary/aromatic N) is 2. The van der Waals surface area contributed by atoms with Crippen LogP contribution in [0.2, 0.25) is 0 Å². The van der Waals surface area contributed by atoms with Crippen molar-refractivity contribution in [3.63, 3.8) is 0 Å². The number of carboxylic acid groups (broad SMARTS) is 1. The molecule has 0 saturated heterocycles. The Labute approximate surface area is 124 Å². The summed E-state index contributed by atoms with van der Waals surface area (Å²) in [5.41, 5.74) is 2.57. The monoisotopic (exact) mass is 290 g/mol. The Bertz CT molecular complexity index is 629. The lowest BCUT2D eigenvalue weighted by atomic mass is 10.0. The number of aliphatic carboxylic acids is 1. The van der Waals surface area contributed by atoms with Gasteiger partial charge >= 0.3 is 5.97 Å². The fourth-order valence-corrected chi connectivity index (χ4v) is 2.72. The molecule has 21 heavy (non-hydrogen) atoms. The number of likely N-dealkylation sites (N-methyl/N-ethyl adjacent to an activating group) is 1. The van der Waals surface area contributed by atoms with E-state index in [4.69, 9.17) is 5.11 Å². The van der Waals surface area contributed by atoms with Crippen LogP contribution in [-0.2, 0) is 24.3 Å². The summed E-state index contributed by atoms with van der Waals surface area (Å²) in [5.74, 6) is -0.676. The minimum Gasteiger partial charge on any atom is -0.478 e. The lowest BCUT2D eigenvalue weighted by molar-refractivity contribution is -0.131. The first kappa shape index (κ1) is 15.5. The van der Waals surface area contributed by atoms with Crippen LogP contribution in [0.3, 0.4) is 0 Å². The van der Waals surface area contributed by atoms with Crippen LogP contribution in [0.1, 0.15) is 30.7 Å². The molecule has 0 atom stereocenters. The van der Waals surface area contributed by atoms with Gasteiger partial charge in [0, 0.05) is 43.4 Å². The van der Waals surface area contributed by atoms with Gasteiger partial charge in [0.1, 0.15) is 0 Å². The van der Waals surface area contributed by atoms with Gasteiger partial charge in [-0.25, -0.2) is 4.79 Å². The summed E-state index contributed by atoms with van der Waals surface area (Å²) in [6.45, 7) is 6.55. The minimum absolute atomic E-state index is 0.0931. The van der Waals surface area contributed by atoms with Gasteiger partial charge in [0.05, 0.1) is 0 Å². The van der Waals surface area contributed by atoms with Crippen LogP contribution < -0.4 is 5.56 Å². The summed E-state index contributed by atoms with van der Waals surface area (Å²) >= 11 is 0. The van der Waals surface area contributed by atoms with Gasteiger partial charge in [-0.05, 0) is 30.7 Å². The molecule has 0 saturated carbocycles. The smallest absolute Gasteiger partial charge is 0.328 e. The standard InChI is InChI=1S/C16H22N2O3/c1-11(2)9-18-14-6-7-17(3)10-13(14)8-12(16(18)21)4-5-15(19)20/h4-5,8,11H,6-7,9-10H2,1-3H3,(H,19,20)/b5-4+. The van der Waals surface area contributed by atoms with Crippen LogP contribution in [0, 0.1) is 5.92 Å². The molecule has 2 rings (SSSR count). The van der Waals surface area contributed by atoms with Crippen molar-refractivity contribution in [2.45, 2.75) is 33.4 Å². The molecular formula is C16H22N2O3. The maximum absolute atomic E-state index is 12.6. The number of carbonyl (C=O) groups is 1. The number of fused-ring (bicyclic) bond motifs is 1. The van der Waals surface area contributed by atoms with Crippen LogP contribution in [0.5, 0.6) is 0 Å². The van der Waals surface area contributed by atoms with Gasteiger partial charge in [-0.2, -0.15) is 0 Å². The van der Waals surface area contributed by atoms with Crippen molar-refractivity contribution in [2.75, 3.05) is 13.6 Å². The molecule has 0 spiro atoms. The highest BCUT2D eigenvalue weighted by atomic mass is 16.4. The zero-order chi connectivity index (χ0) is 15.6. The summed E-state index contributed by atoms with van der Waals surface area (Å²) in [4.78, 5) is 25.5. The molecule has 0 aromatic carbocycles. The fourth-order valence-electron chi connectivity index (χ4n) is 2.72. The second-order valence-corrected chi connectivity index (χ2v) is 6.04. The van der Waals surface area contributed by atoms with Crippen molar-refractivity contribution in [3.05, 3.63) is 39.3 Å². The maximum Gasteiger partial charge on any atom is 0.328 e. The van der Waals surface area contributed by atoms with E-state index in [9.17, 15) is 9.59 Å².